The van der Waals surface area contributed by atoms with E-state index in [2.05, 4.69) is 41.0 Å². The summed E-state index contributed by atoms with van der Waals surface area (Å²) in [4.78, 5) is 12.0. The van der Waals surface area contributed by atoms with E-state index in [4.69, 9.17) is 17.3 Å². The van der Waals surface area contributed by atoms with Gasteiger partial charge in [0.1, 0.15) is 0 Å². The standard InChI is InChI=1S/C26H23ClN2O/c1-18-24(26(28)30)17-25(29(18)16-15-19-7-13-23(27)14-8-19)22-11-9-21(10-12-22)20-5-3-2-4-6-20/h2-14,17H,15-16H2,1H3,(H2,28,30). The van der Waals surface area contributed by atoms with Gasteiger partial charge < -0.3 is 10.3 Å². The van der Waals surface area contributed by atoms with Crippen LogP contribution in [0.3, 0.4) is 0 Å². The van der Waals surface area contributed by atoms with E-state index < -0.39 is 5.91 Å². The molecule has 4 aromatic rings. The molecule has 30 heavy (non-hydrogen) atoms. The summed E-state index contributed by atoms with van der Waals surface area (Å²) in [5.74, 6) is -0.403. The highest BCUT2D eigenvalue weighted by molar-refractivity contribution is 6.30. The maximum Gasteiger partial charge on any atom is 0.250 e. The first kappa shape index (κ1) is 20.0. The zero-order valence-electron chi connectivity index (χ0n) is 16.8. The van der Waals surface area contributed by atoms with E-state index in [0.29, 0.717) is 5.56 Å². The third-order valence-electron chi connectivity index (χ3n) is 5.46. The van der Waals surface area contributed by atoms with Gasteiger partial charge in [0.15, 0.2) is 0 Å². The van der Waals surface area contributed by atoms with Gasteiger partial charge >= 0.3 is 0 Å². The number of carbonyl (C=O) groups excluding carboxylic acids is 1. The summed E-state index contributed by atoms with van der Waals surface area (Å²) in [5.41, 5.74) is 12.7. The van der Waals surface area contributed by atoms with Crippen LogP contribution < -0.4 is 5.73 Å². The minimum Gasteiger partial charge on any atom is -0.366 e. The quantitative estimate of drug-likeness (QED) is 0.405. The highest BCUT2D eigenvalue weighted by Crippen LogP contribution is 2.29. The molecule has 0 aliphatic carbocycles. The highest BCUT2D eigenvalue weighted by Gasteiger charge is 2.17. The molecular weight excluding hydrogens is 392 g/mol. The van der Waals surface area contributed by atoms with E-state index in [1.165, 1.54) is 11.1 Å². The van der Waals surface area contributed by atoms with Gasteiger partial charge in [0, 0.05) is 23.0 Å². The Kier molecular flexibility index (Phi) is 5.73. The molecule has 4 rings (SSSR count). The normalized spacial score (nSPS) is 10.9. The SMILES string of the molecule is Cc1c(C(N)=O)cc(-c2ccc(-c3ccccc3)cc2)n1CCc1ccc(Cl)cc1. The molecule has 0 aliphatic rings. The van der Waals surface area contributed by atoms with E-state index >= 15 is 0 Å². The molecule has 1 aromatic heterocycles. The number of hydrogen-bond acceptors (Lipinski definition) is 1. The Hall–Kier alpha value is -3.30. The van der Waals surface area contributed by atoms with Gasteiger partial charge in [-0.05, 0) is 53.8 Å². The van der Waals surface area contributed by atoms with Crippen molar-refractivity contribution < 1.29 is 4.79 Å². The lowest BCUT2D eigenvalue weighted by atomic mass is 10.0. The molecule has 1 amide bonds. The largest absolute Gasteiger partial charge is 0.366 e. The van der Waals surface area contributed by atoms with Crippen LogP contribution in [0.15, 0.2) is 84.9 Å². The maximum atomic E-state index is 12.0. The molecule has 0 spiro atoms. The lowest BCUT2D eigenvalue weighted by Crippen LogP contribution is -2.13. The summed E-state index contributed by atoms with van der Waals surface area (Å²) in [6.45, 7) is 2.69. The number of primary amides is 1. The van der Waals surface area contributed by atoms with Crippen molar-refractivity contribution in [3.8, 4) is 22.4 Å². The molecule has 0 atom stereocenters. The molecule has 0 fully saturated rings. The lowest BCUT2D eigenvalue weighted by molar-refractivity contribution is 0.0999. The molecule has 0 radical (unpaired) electrons. The van der Waals surface area contributed by atoms with Crippen molar-refractivity contribution in [3.05, 3.63) is 107 Å². The molecule has 0 saturated carbocycles. The second-order valence-corrected chi connectivity index (χ2v) is 7.80. The van der Waals surface area contributed by atoms with Crippen LogP contribution in [0.4, 0.5) is 0 Å². The van der Waals surface area contributed by atoms with Crippen molar-refractivity contribution in [3.63, 3.8) is 0 Å². The number of carbonyl (C=O) groups is 1. The number of amides is 1. The van der Waals surface area contributed by atoms with Gasteiger partial charge in [-0.15, -0.1) is 0 Å². The van der Waals surface area contributed by atoms with Crippen LogP contribution >= 0.6 is 11.6 Å². The van der Waals surface area contributed by atoms with Gasteiger partial charge in [-0.25, -0.2) is 0 Å². The fraction of sp³-hybridized carbons (Fsp3) is 0.115. The highest BCUT2D eigenvalue weighted by atomic mass is 35.5. The monoisotopic (exact) mass is 414 g/mol. The van der Waals surface area contributed by atoms with Gasteiger partial charge in [0.25, 0.3) is 5.91 Å². The smallest absolute Gasteiger partial charge is 0.250 e. The number of rotatable bonds is 6. The summed E-state index contributed by atoms with van der Waals surface area (Å²) in [6.07, 6.45) is 0.833. The minimum atomic E-state index is -0.403. The predicted octanol–water partition coefficient (Wildman–Crippen LogP) is 6.13. The molecule has 3 nitrogen and oxygen atoms in total. The Bertz CT molecular complexity index is 1160. The first-order valence-corrected chi connectivity index (χ1v) is 10.3. The molecule has 0 bridgehead atoms. The van der Waals surface area contributed by atoms with Crippen LogP contribution in [0.5, 0.6) is 0 Å². The fourth-order valence-electron chi connectivity index (χ4n) is 3.78. The molecule has 3 aromatic carbocycles. The second kappa shape index (κ2) is 8.60. The van der Waals surface area contributed by atoms with Crippen molar-refractivity contribution in [2.45, 2.75) is 19.9 Å². The molecule has 150 valence electrons. The predicted molar refractivity (Wildman–Crippen MR) is 124 cm³/mol. The van der Waals surface area contributed by atoms with E-state index in [-0.39, 0.29) is 0 Å². The van der Waals surface area contributed by atoms with Crippen LogP contribution in [0.2, 0.25) is 5.02 Å². The molecule has 4 heteroatoms. The summed E-state index contributed by atoms with van der Waals surface area (Å²) < 4.78 is 2.17. The number of aryl methyl sites for hydroxylation is 1. The van der Waals surface area contributed by atoms with Gasteiger partial charge in [-0.1, -0.05) is 78.3 Å². The van der Waals surface area contributed by atoms with Crippen molar-refractivity contribution in [1.82, 2.24) is 4.57 Å². The van der Waals surface area contributed by atoms with Crippen molar-refractivity contribution in [1.29, 1.82) is 0 Å². The molecule has 0 aliphatic heterocycles. The van der Waals surface area contributed by atoms with Crippen LogP contribution in [0, 0.1) is 6.92 Å². The average Bonchev–Trinajstić information content (AvgIpc) is 3.10. The summed E-state index contributed by atoms with van der Waals surface area (Å²) in [6, 6.07) is 28.5. The fourth-order valence-corrected chi connectivity index (χ4v) is 3.90. The Labute approximate surface area is 181 Å². The van der Waals surface area contributed by atoms with Gasteiger partial charge in [0.05, 0.1) is 5.56 Å². The number of benzene rings is 3. The van der Waals surface area contributed by atoms with Crippen molar-refractivity contribution >= 4 is 17.5 Å². The average molecular weight is 415 g/mol. The second-order valence-electron chi connectivity index (χ2n) is 7.36. The Morgan fingerprint density at radius 3 is 2.10 bits per heavy atom. The molecular formula is C26H23ClN2O. The van der Waals surface area contributed by atoms with Gasteiger partial charge in [-0.3, -0.25) is 4.79 Å². The number of nitrogens with two attached hydrogens (primary N) is 1. The third-order valence-corrected chi connectivity index (χ3v) is 5.71. The summed E-state index contributed by atoms with van der Waals surface area (Å²) in [7, 11) is 0. The van der Waals surface area contributed by atoms with Gasteiger partial charge in [0.2, 0.25) is 0 Å². The maximum absolute atomic E-state index is 12.0. The number of halogens is 1. The molecule has 0 saturated heterocycles. The number of aromatic nitrogens is 1. The Morgan fingerprint density at radius 1 is 0.867 bits per heavy atom. The third kappa shape index (κ3) is 4.17. The van der Waals surface area contributed by atoms with E-state index in [9.17, 15) is 4.79 Å². The summed E-state index contributed by atoms with van der Waals surface area (Å²) >= 11 is 6.00. The zero-order valence-corrected chi connectivity index (χ0v) is 17.6. The van der Waals surface area contributed by atoms with Crippen molar-refractivity contribution in [2.75, 3.05) is 0 Å². The van der Waals surface area contributed by atoms with Crippen molar-refractivity contribution in [2.24, 2.45) is 5.73 Å². The van der Waals surface area contributed by atoms with E-state index in [0.717, 1.165) is 40.5 Å². The number of nitrogens with zero attached hydrogens (tertiary/aromatic N) is 1. The zero-order chi connectivity index (χ0) is 21.1. The molecule has 0 unspecified atom stereocenters. The van der Waals surface area contributed by atoms with Crippen LogP contribution in [0.25, 0.3) is 22.4 Å². The van der Waals surface area contributed by atoms with Crippen LogP contribution in [-0.2, 0) is 13.0 Å². The number of hydrogen-bond donors (Lipinski definition) is 1. The first-order chi connectivity index (χ1) is 14.5. The first-order valence-electron chi connectivity index (χ1n) is 9.93. The molecule has 2 N–H and O–H groups in total. The van der Waals surface area contributed by atoms with Crippen LogP contribution in [-0.4, -0.2) is 10.5 Å². The summed E-state index contributed by atoms with van der Waals surface area (Å²) in [5, 5.41) is 0.728. The minimum absolute atomic E-state index is 0.403. The van der Waals surface area contributed by atoms with E-state index in [1.807, 2.05) is 55.5 Å². The lowest BCUT2D eigenvalue weighted by Gasteiger charge is -2.13. The molecule has 1 heterocycles. The van der Waals surface area contributed by atoms with Gasteiger partial charge in [-0.2, -0.15) is 0 Å². The van der Waals surface area contributed by atoms with E-state index in [1.54, 1.807) is 0 Å². The van der Waals surface area contributed by atoms with Crippen LogP contribution in [0.1, 0.15) is 21.6 Å². The Balaban J connectivity index is 1.67. The Morgan fingerprint density at radius 2 is 1.47 bits per heavy atom. The topological polar surface area (TPSA) is 48.0 Å².